The molecule has 1 rings (SSSR count). The van der Waals surface area contributed by atoms with Gasteiger partial charge in [0, 0.05) is 24.8 Å². The molecule has 0 bridgehead atoms. The second-order valence-corrected chi connectivity index (χ2v) is 2.12. The smallest absolute Gasteiger partial charge is 0.221 e. The minimum atomic E-state index is -0.355. The Hall–Kier alpha value is -1.58. The van der Waals surface area contributed by atoms with Crippen LogP contribution in [0.1, 0.15) is 6.42 Å². The van der Waals surface area contributed by atoms with Crippen LogP contribution in [-0.4, -0.2) is 12.1 Å². The third-order valence-electron chi connectivity index (χ3n) is 1.14. The van der Waals surface area contributed by atoms with Gasteiger partial charge in [0.1, 0.15) is 0 Å². The zero-order chi connectivity index (χ0) is 8.10. The number of nitrogens with one attached hydrogen (secondary N) is 1. The number of carbonyl (C=O) groups is 1. The predicted molar refractivity (Wildman–Crippen MR) is 42.7 cm³/mol. The molecule has 0 atom stereocenters. The van der Waals surface area contributed by atoms with Gasteiger partial charge >= 0.3 is 0 Å². The number of nitrogens with two attached hydrogens (primary N) is 1. The van der Waals surface area contributed by atoms with Crippen LogP contribution in [0.15, 0.2) is 29.2 Å². The molecule has 4 nitrogen and oxygen atoms in total. The number of primary amides is 1. The molecule has 11 heavy (non-hydrogen) atoms. The molecule has 0 unspecified atom stereocenters. The standard InChI is InChI=1S/C7H9N3O/c8-7(11)3-6-4-9-1-2-10-5-6/h1-2,4-5,9H,3H2,(H2,8,11). The van der Waals surface area contributed by atoms with Crippen LogP contribution in [0.25, 0.3) is 0 Å². The fourth-order valence-electron chi connectivity index (χ4n) is 0.715. The van der Waals surface area contributed by atoms with Crippen molar-refractivity contribution in [2.45, 2.75) is 6.42 Å². The van der Waals surface area contributed by atoms with Crippen molar-refractivity contribution in [3.8, 4) is 0 Å². The third-order valence-corrected chi connectivity index (χ3v) is 1.14. The van der Waals surface area contributed by atoms with Crippen molar-refractivity contribution < 1.29 is 4.79 Å². The number of hydrogen-bond donors (Lipinski definition) is 2. The molecule has 1 aliphatic heterocycles. The quantitative estimate of drug-likeness (QED) is 0.578. The molecule has 1 amide bonds. The van der Waals surface area contributed by atoms with E-state index < -0.39 is 0 Å². The first-order valence-electron chi connectivity index (χ1n) is 3.20. The van der Waals surface area contributed by atoms with Gasteiger partial charge in [-0.15, -0.1) is 0 Å². The molecular formula is C7H9N3O. The van der Waals surface area contributed by atoms with Crippen molar-refractivity contribution in [1.29, 1.82) is 0 Å². The molecule has 0 fully saturated rings. The minimum absolute atomic E-state index is 0.220. The van der Waals surface area contributed by atoms with Crippen LogP contribution in [0.4, 0.5) is 0 Å². The molecule has 4 heteroatoms. The van der Waals surface area contributed by atoms with E-state index in [9.17, 15) is 4.79 Å². The van der Waals surface area contributed by atoms with Crippen LogP contribution in [0.2, 0.25) is 0 Å². The third kappa shape index (κ3) is 2.66. The van der Waals surface area contributed by atoms with E-state index >= 15 is 0 Å². The lowest BCUT2D eigenvalue weighted by Crippen LogP contribution is -2.12. The van der Waals surface area contributed by atoms with Crippen molar-refractivity contribution >= 4 is 12.1 Å². The molecule has 0 aromatic heterocycles. The molecule has 0 saturated heterocycles. The Bertz CT molecular complexity index is 240. The van der Waals surface area contributed by atoms with Crippen LogP contribution in [-0.2, 0) is 4.79 Å². The molecule has 0 aliphatic carbocycles. The van der Waals surface area contributed by atoms with E-state index in [0.29, 0.717) is 0 Å². The summed E-state index contributed by atoms with van der Waals surface area (Å²) in [7, 11) is 0. The summed E-state index contributed by atoms with van der Waals surface area (Å²) in [4.78, 5) is 14.3. The lowest BCUT2D eigenvalue weighted by Gasteiger charge is -1.94. The van der Waals surface area contributed by atoms with Gasteiger partial charge in [0.2, 0.25) is 5.91 Å². The van der Waals surface area contributed by atoms with Gasteiger partial charge in [0.25, 0.3) is 0 Å². The van der Waals surface area contributed by atoms with Crippen LogP contribution in [0.3, 0.4) is 0 Å². The number of amides is 1. The average Bonchev–Trinajstić information content (AvgIpc) is 2.14. The normalized spacial score (nSPS) is 15.1. The largest absolute Gasteiger partial charge is 0.369 e. The molecule has 0 aromatic rings. The van der Waals surface area contributed by atoms with Crippen molar-refractivity contribution in [3.63, 3.8) is 0 Å². The molecule has 0 aromatic carbocycles. The molecule has 58 valence electrons. The number of carbonyl (C=O) groups excluding carboxylic acids is 1. The Balaban J connectivity index is 2.58. The molecule has 1 heterocycles. The highest BCUT2D eigenvalue weighted by atomic mass is 16.1. The summed E-state index contributed by atoms with van der Waals surface area (Å²) in [5.41, 5.74) is 5.76. The number of nitrogens with zero attached hydrogens (tertiary/aromatic N) is 1. The fraction of sp³-hybridized carbons (Fsp3) is 0.143. The van der Waals surface area contributed by atoms with Crippen LogP contribution >= 0.6 is 0 Å². The molecular weight excluding hydrogens is 142 g/mol. The average molecular weight is 151 g/mol. The Labute approximate surface area is 64.5 Å². The van der Waals surface area contributed by atoms with Gasteiger partial charge in [0.05, 0.1) is 6.42 Å². The number of aliphatic imine (C=N–C) groups is 1. The second-order valence-electron chi connectivity index (χ2n) is 2.12. The fourth-order valence-corrected chi connectivity index (χ4v) is 0.715. The van der Waals surface area contributed by atoms with Crippen LogP contribution in [0, 0.1) is 0 Å². The summed E-state index contributed by atoms with van der Waals surface area (Å²) in [6.07, 6.45) is 6.78. The van der Waals surface area contributed by atoms with E-state index in [1.165, 1.54) is 0 Å². The highest BCUT2D eigenvalue weighted by Crippen LogP contribution is 1.97. The van der Waals surface area contributed by atoms with Crippen molar-refractivity contribution in [3.05, 3.63) is 24.2 Å². The summed E-state index contributed by atoms with van der Waals surface area (Å²) in [6.45, 7) is 0. The van der Waals surface area contributed by atoms with Gasteiger partial charge in [-0.1, -0.05) is 0 Å². The van der Waals surface area contributed by atoms with Crippen molar-refractivity contribution in [1.82, 2.24) is 5.32 Å². The lowest BCUT2D eigenvalue weighted by molar-refractivity contribution is -0.117. The minimum Gasteiger partial charge on any atom is -0.369 e. The summed E-state index contributed by atoms with van der Waals surface area (Å²) in [6, 6.07) is 0. The molecule has 0 spiro atoms. The maximum Gasteiger partial charge on any atom is 0.221 e. The summed E-state index contributed by atoms with van der Waals surface area (Å²) in [5.74, 6) is -0.355. The molecule has 1 aliphatic rings. The first kappa shape index (κ1) is 7.53. The Morgan fingerprint density at radius 1 is 1.73 bits per heavy atom. The van der Waals surface area contributed by atoms with E-state index in [0.717, 1.165) is 5.57 Å². The number of hydrogen-bond acceptors (Lipinski definition) is 3. The van der Waals surface area contributed by atoms with Gasteiger partial charge in [-0.25, -0.2) is 0 Å². The Kier molecular flexibility index (Phi) is 2.43. The Morgan fingerprint density at radius 2 is 2.55 bits per heavy atom. The number of rotatable bonds is 2. The predicted octanol–water partition coefficient (Wildman–Crippen LogP) is -0.109. The maximum atomic E-state index is 10.5. The van der Waals surface area contributed by atoms with Gasteiger partial charge < -0.3 is 11.1 Å². The maximum absolute atomic E-state index is 10.5. The van der Waals surface area contributed by atoms with Crippen molar-refractivity contribution in [2.75, 3.05) is 0 Å². The lowest BCUT2D eigenvalue weighted by atomic mass is 10.2. The topological polar surface area (TPSA) is 67.5 Å². The monoisotopic (exact) mass is 151 g/mol. The zero-order valence-electron chi connectivity index (χ0n) is 5.95. The first-order chi connectivity index (χ1) is 5.29. The summed E-state index contributed by atoms with van der Waals surface area (Å²) >= 11 is 0. The van der Waals surface area contributed by atoms with E-state index in [2.05, 4.69) is 10.3 Å². The molecule has 0 saturated carbocycles. The first-order valence-corrected chi connectivity index (χ1v) is 3.20. The second kappa shape index (κ2) is 3.55. The van der Waals surface area contributed by atoms with Gasteiger partial charge in [0.15, 0.2) is 0 Å². The highest BCUT2D eigenvalue weighted by Gasteiger charge is 1.98. The van der Waals surface area contributed by atoms with Crippen LogP contribution < -0.4 is 11.1 Å². The van der Waals surface area contributed by atoms with E-state index in [-0.39, 0.29) is 12.3 Å². The van der Waals surface area contributed by atoms with Crippen molar-refractivity contribution in [2.24, 2.45) is 10.7 Å². The molecule has 3 N–H and O–H groups in total. The Morgan fingerprint density at radius 3 is 3.27 bits per heavy atom. The van der Waals surface area contributed by atoms with E-state index in [1.54, 1.807) is 24.8 Å². The van der Waals surface area contributed by atoms with Crippen LogP contribution in [0.5, 0.6) is 0 Å². The molecule has 0 radical (unpaired) electrons. The van der Waals surface area contributed by atoms with Gasteiger partial charge in [-0.05, 0) is 5.57 Å². The van der Waals surface area contributed by atoms with E-state index in [1.807, 2.05) is 0 Å². The summed E-state index contributed by atoms with van der Waals surface area (Å²) in [5, 5.41) is 2.83. The zero-order valence-corrected chi connectivity index (χ0v) is 5.95. The van der Waals surface area contributed by atoms with E-state index in [4.69, 9.17) is 5.73 Å². The van der Waals surface area contributed by atoms with Gasteiger partial charge in [-0.2, -0.15) is 0 Å². The van der Waals surface area contributed by atoms with Gasteiger partial charge in [-0.3, -0.25) is 9.79 Å². The summed E-state index contributed by atoms with van der Waals surface area (Å²) < 4.78 is 0. The SMILES string of the molecule is NC(=O)CC1=CNC=CN=C1. The highest BCUT2D eigenvalue weighted by molar-refractivity contribution is 5.88.